The molecule has 0 saturated carbocycles. The van der Waals surface area contributed by atoms with Crippen molar-refractivity contribution in [1.82, 2.24) is 9.80 Å². The van der Waals surface area contributed by atoms with Gasteiger partial charge >= 0.3 is 0 Å². The monoisotopic (exact) mass is 254 g/mol. The van der Waals surface area contributed by atoms with Gasteiger partial charge in [-0.25, -0.2) is 0 Å². The van der Waals surface area contributed by atoms with Gasteiger partial charge in [0.1, 0.15) is 0 Å². The fourth-order valence-electron chi connectivity index (χ4n) is 3.45. The van der Waals surface area contributed by atoms with Crippen molar-refractivity contribution >= 4 is 0 Å². The quantitative estimate of drug-likeness (QED) is 0.768. The molecule has 2 unspecified atom stereocenters. The molecule has 2 fully saturated rings. The van der Waals surface area contributed by atoms with Crippen LogP contribution in [0.3, 0.4) is 0 Å². The topological polar surface area (TPSA) is 15.7 Å². The Hall–Kier alpha value is -0.120. The highest BCUT2D eigenvalue weighted by Gasteiger charge is 2.26. The molecular formula is C15H30N2O. The van der Waals surface area contributed by atoms with Gasteiger partial charge in [-0.15, -0.1) is 0 Å². The Labute approximate surface area is 112 Å². The molecule has 106 valence electrons. The summed E-state index contributed by atoms with van der Waals surface area (Å²) in [6, 6.07) is 0.717. The van der Waals surface area contributed by atoms with E-state index in [1.165, 1.54) is 32.5 Å². The van der Waals surface area contributed by atoms with Crippen LogP contribution in [0.2, 0.25) is 0 Å². The third kappa shape index (κ3) is 3.94. The third-order valence-corrected chi connectivity index (χ3v) is 4.39. The van der Waals surface area contributed by atoms with E-state index in [4.69, 9.17) is 4.74 Å². The molecule has 2 heterocycles. The molecular weight excluding hydrogens is 224 g/mol. The van der Waals surface area contributed by atoms with E-state index in [2.05, 4.69) is 37.5 Å². The van der Waals surface area contributed by atoms with Gasteiger partial charge in [0, 0.05) is 25.7 Å². The standard InChI is InChI=1S/C15H30N2O/c1-12(2)17-7-5-15(6-8-17)11-16-9-13(3)18-14(4)10-16/h12-15H,5-11H2,1-4H3. The number of hydrogen-bond donors (Lipinski definition) is 0. The summed E-state index contributed by atoms with van der Waals surface area (Å²) in [5.74, 6) is 0.900. The zero-order chi connectivity index (χ0) is 13.1. The van der Waals surface area contributed by atoms with Crippen molar-refractivity contribution in [2.45, 2.75) is 58.8 Å². The molecule has 0 radical (unpaired) electrons. The Kier molecular flexibility index (Phi) is 5.05. The van der Waals surface area contributed by atoms with Gasteiger partial charge in [0.15, 0.2) is 0 Å². The Morgan fingerprint density at radius 2 is 1.61 bits per heavy atom. The predicted molar refractivity (Wildman–Crippen MR) is 75.9 cm³/mol. The lowest BCUT2D eigenvalue weighted by atomic mass is 9.95. The van der Waals surface area contributed by atoms with Crippen molar-refractivity contribution in [3.63, 3.8) is 0 Å². The Morgan fingerprint density at radius 3 is 2.11 bits per heavy atom. The number of hydrogen-bond acceptors (Lipinski definition) is 3. The SMILES string of the molecule is CC1CN(CC2CCN(C(C)C)CC2)CC(C)O1. The second kappa shape index (κ2) is 6.36. The molecule has 0 aromatic heterocycles. The minimum atomic E-state index is 0.407. The van der Waals surface area contributed by atoms with Crippen molar-refractivity contribution in [1.29, 1.82) is 0 Å². The summed E-state index contributed by atoms with van der Waals surface area (Å²) in [7, 11) is 0. The van der Waals surface area contributed by atoms with Crippen molar-refractivity contribution in [3.05, 3.63) is 0 Å². The zero-order valence-corrected chi connectivity index (χ0v) is 12.6. The summed E-state index contributed by atoms with van der Waals surface area (Å²) < 4.78 is 5.80. The molecule has 3 nitrogen and oxygen atoms in total. The molecule has 2 atom stereocenters. The van der Waals surface area contributed by atoms with Gasteiger partial charge in [0.25, 0.3) is 0 Å². The molecule has 2 saturated heterocycles. The summed E-state index contributed by atoms with van der Waals surface area (Å²) in [6.45, 7) is 15.1. The van der Waals surface area contributed by atoms with Gasteiger partial charge in [-0.3, -0.25) is 4.90 Å². The van der Waals surface area contributed by atoms with Crippen LogP contribution >= 0.6 is 0 Å². The molecule has 2 aliphatic rings. The summed E-state index contributed by atoms with van der Waals surface area (Å²) in [5.41, 5.74) is 0. The van der Waals surface area contributed by atoms with Crippen molar-refractivity contribution in [2.75, 3.05) is 32.7 Å². The van der Waals surface area contributed by atoms with Gasteiger partial charge in [0.2, 0.25) is 0 Å². The lowest BCUT2D eigenvalue weighted by molar-refractivity contribution is -0.0733. The Bertz CT molecular complexity index is 239. The molecule has 2 rings (SSSR count). The van der Waals surface area contributed by atoms with Gasteiger partial charge in [0.05, 0.1) is 12.2 Å². The fraction of sp³-hybridized carbons (Fsp3) is 1.00. The van der Waals surface area contributed by atoms with Crippen LogP contribution in [0.15, 0.2) is 0 Å². The molecule has 0 N–H and O–H groups in total. The number of ether oxygens (including phenoxy) is 1. The Balaban J connectivity index is 1.74. The van der Waals surface area contributed by atoms with Crippen LogP contribution in [0.25, 0.3) is 0 Å². The first kappa shape index (κ1) is 14.3. The minimum Gasteiger partial charge on any atom is -0.373 e. The fourth-order valence-corrected chi connectivity index (χ4v) is 3.45. The maximum absolute atomic E-state index is 5.80. The van der Waals surface area contributed by atoms with Crippen LogP contribution in [-0.2, 0) is 4.74 Å². The van der Waals surface area contributed by atoms with Crippen molar-refractivity contribution in [3.8, 4) is 0 Å². The molecule has 3 heteroatoms. The normalized spacial score (nSPS) is 33.2. The van der Waals surface area contributed by atoms with Gasteiger partial charge in [-0.2, -0.15) is 0 Å². The van der Waals surface area contributed by atoms with E-state index < -0.39 is 0 Å². The average Bonchev–Trinajstić information content (AvgIpc) is 2.28. The molecule has 0 amide bonds. The highest BCUT2D eigenvalue weighted by Crippen LogP contribution is 2.21. The maximum Gasteiger partial charge on any atom is 0.0678 e. The first-order valence-electron chi connectivity index (χ1n) is 7.66. The molecule has 0 aliphatic carbocycles. The van der Waals surface area contributed by atoms with E-state index in [0.29, 0.717) is 12.2 Å². The predicted octanol–water partition coefficient (Wildman–Crippen LogP) is 2.22. The molecule has 0 bridgehead atoms. The minimum absolute atomic E-state index is 0.407. The number of rotatable bonds is 3. The maximum atomic E-state index is 5.80. The molecule has 2 aliphatic heterocycles. The van der Waals surface area contributed by atoms with Gasteiger partial charge in [-0.1, -0.05) is 0 Å². The van der Waals surface area contributed by atoms with Gasteiger partial charge < -0.3 is 9.64 Å². The van der Waals surface area contributed by atoms with Crippen LogP contribution in [-0.4, -0.2) is 60.8 Å². The number of nitrogens with zero attached hydrogens (tertiary/aromatic N) is 2. The lowest BCUT2D eigenvalue weighted by Crippen LogP contribution is -2.48. The van der Waals surface area contributed by atoms with Gasteiger partial charge in [-0.05, 0) is 59.5 Å². The average molecular weight is 254 g/mol. The lowest BCUT2D eigenvalue weighted by Gasteiger charge is -2.40. The second-order valence-corrected chi connectivity index (χ2v) is 6.55. The molecule has 0 aromatic carbocycles. The number of morpholine rings is 1. The van der Waals surface area contributed by atoms with Crippen LogP contribution in [0.5, 0.6) is 0 Å². The summed E-state index contributed by atoms with van der Waals surface area (Å²) in [5, 5.41) is 0. The highest BCUT2D eigenvalue weighted by molar-refractivity contribution is 4.80. The molecule has 0 spiro atoms. The largest absolute Gasteiger partial charge is 0.373 e. The van der Waals surface area contributed by atoms with E-state index in [-0.39, 0.29) is 0 Å². The summed E-state index contributed by atoms with van der Waals surface area (Å²) >= 11 is 0. The van der Waals surface area contributed by atoms with Crippen LogP contribution in [0.4, 0.5) is 0 Å². The third-order valence-electron chi connectivity index (χ3n) is 4.39. The van der Waals surface area contributed by atoms with E-state index >= 15 is 0 Å². The van der Waals surface area contributed by atoms with E-state index in [0.717, 1.165) is 25.0 Å². The van der Waals surface area contributed by atoms with Crippen LogP contribution in [0, 0.1) is 5.92 Å². The molecule has 18 heavy (non-hydrogen) atoms. The van der Waals surface area contributed by atoms with Crippen LogP contribution in [0.1, 0.15) is 40.5 Å². The first-order chi connectivity index (χ1) is 8.54. The number of piperidine rings is 1. The Morgan fingerprint density at radius 1 is 1.06 bits per heavy atom. The van der Waals surface area contributed by atoms with E-state index in [9.17, 15) is 0 Å². The molecule has 0 aromatic rings. The zero-order valence-electron chi connectivity index (χ0n) is 12.6. The van der Waals surface area contributed by atoms with Crippen LogP contribution < -0.4 is 0 Å². The highest BCUT2D eigenvalue weighted by atomic mass is 16.5. The smallest absolute Gasteiger partial charge is 0.0678 e. The van der Waals surface area contributed by atoms with Crippen molar-refractivity contribution < 1.29 is 4.74 Å². The second-order valence-electron chi connectivity index (χ2n) is 6.55. The van der Waals surface area contributed by atoms with Crippen molar-refractivity contribution in [2.24, 2.45) is 5.92 Å². The summed E-state index contributed by atoms with van der Waals surface area (Å²) in [6.07, 6.45) is 3.56. The van der Waals surface area contributed by atoms with E-state index in [1.807, 2.05) is 0 Å². The summed E-state index contributed by atoms with van der Waals surface area (Å²) in [4.78, 5) is 5.23. The first-order valence-corrected chi connectivity index (χ1v) is 7.66. The number of likely N-dealkylation sites (tertiary alicyclic amines) is 1. The van der Waals surface area contributed by atoms with E-state index in [1.54, 1.807) is 0 Å².